The molecule has 138 valence electrons. The Morgan fingerprint density at radius 2 is 1.77 bits per heavy atom. The summed E-state index contributed by atoms with van der Waals surface area (Å²) in [7, 11) is -2.31. The zero-order chi connectivity index (χ0) is 19.2. The Morgan fingerprint density at radius 3 is 2.38 bits per heavy atom. The molecular formula is C18H17FO6S. The monoisotopic (exact) mass is 380 g/mol. The summed E-state index contributed by atoms with van der Waals surface area (Å²) < 4.78 is 47.2. The SMILES string of the molecule is COc1ccc(C(=O)COC(=O)CCS(=O)(=O)c2ccccc2)cc1F. The lowest BCUT2D eigenvalue weighted by Gasteiger charge is -2.07. The van der Waals surface area contributed by atoms with Crippen LogP contribution in [0.25, 0.3) is 0 Å². The molecule has 0 radical (unpaired) electrons. The Balaban J connectivity index is 1.87. The standard InChI is InChI=1S/C18H17FO6S/c1-24-17-8-7-13(11-15(17)19)16(20)12-25-18(21)9-10-26(22,23)14-5-3-2-4-6-14/h2-8,11H,9-10,12H2,1H3. The van der Waals surface area contributed by atoms with Gasteiger partial charge in [-0.05, 0) is 30.3 Å². The highest BCUT2D eigenvalue weighted by molar-refractivity contribution is 7.91. The lowest BCUT2D eigenvalue weighted by Crippen LogP contribution is -2.17. The minimum Gasteiger partial charge on any atom is -0.494 e. The van der Waals surface area contributed by atoms with Crippen molar-refractivity contribution in [3.8, 4) is 5.75 Å². The summed E-state index contributed by atoms with van der Waals surface area (Å²) in [4.78, 5) is 23.7. The van der Waals surface area contributed by atoms with Crippen LogP contribution in [0.1, 0.15) is 16.8 Å². The normalized spacial score (nSPS) is 11.0. The molecule has 0 aliphatic heterocycles. The molecule has 0 spiro atoms. The number of hydrogen-bond donors (Lipinski definition) is 0. The van der Waals surface area contributed by atoms with Crippen LogP contribution in [0.3, 0.4) is 0 Å². The summed E-state index contributed by atoms with van der Waals surface area (Å²) >= 11 is 0. The van der Waals surface area contributed by atoms with E-state index >= 15 is 0 Å². The van der Waals surface area contributed by atoms with Gasteiger partial charge in [0.25, 0.3) is 0 Å². The summed E-state index contributed by atoms with van der Waals surface area (Å²) in [5, 5.41) is 0. The molecule has 0 aliphatic rings. The second-order valence-electron chi connectivity index (χ2n) is 5.32. The van der Waals surface area contributed by atoms with E-state index in [9.17, 15) is 22.4 Å². The highest BCUT2D eigenvalue weighted by atomic mass is 32.2. The van der Waals surface area contributed by atoms with Crippen LogP contribution >= 0.6 is 0 Å². The van der Waals surface area contributed by atoms with Gasteiger partial charge >= 0.3 is 5.97 Å². The van der Waals surface area contributed by atoms with Crippen LogP contribution in [0.5, 0.6) is 5.75 Å². The molecule has 0 amide bonds. The second-order valence-corrected chi connectivity index (χ2v) is 7.42. The predicted molar refractivity (Wildman–Crippen MR) is 91.4 cm³/mol. The Morgan fingerprint density at radius 1 is 1.08 bits per heavy atom. The van der Waals surface area contributed by atoms with Crippen molar-refractivity contribution >= 4 is 21.6 Å². The third-order valence-corrected chi connectivity index (χ3v) is 5.25. The van der Waals surface area contributed by atoms with Crippen molar-refractivity contribution in [2.45, 2.75) is 11.3 Å². The second kappa shape index (κ2) is 8.57. The zero-order valence-electron chi connectivity index (χ0n) is 14.0. The van der Waals surface area contributed by atoms with Crippen molar-refractivity contribution in [1.29, 1.82) is 0 Å². The molecule has 0 unspecified atom stereocenters. The Bertz CT molecular complexity index is 893. The number of methoxy groups -OCH3 is 1. The number of sulfone groups is 1. The van der Waals surface area contributed by atoms with Gasteiger partial charge in [0.1, 0.15) is 0 Å². The number of carbonyl (C=O) groups excluding carboxylic acids is 2. The van der Waals surface area contributed by atoms with Crippen LogP contribution in [-0.2, 0) is 19.4 Å². The van der Waals surface area contributed by atoms with Gasteiger partial charge in [0.05, 0.1) is 24.2 Å². The van der Waals surface area contributed by atoms with Crippen molar-refractivity contribution in [2.24, 2.45) is 0 Å². The Labute approximate surface area is 150 Å². The molecule has 0 aromatic heterocycles. The summed E-state index contributed by atoms with van der Waals surface area (Å²) in [5.74, 6) is -2.58. The molecule has 0 saturated carbocycles. The fourth-order valence-electron chi connectivity index (χ4n) is 2.10. The number of hydrogen-bond acceptors (Lipinski definition) is 6. The zero-order valence-corrected chi connectivity index (χ0v) is 14.8. The molecule has 2 rings (SSSR count). The molecule has 0 bridgehead atoms. The Kier molecular flexibility index (Phi) is 6.46. The van der Waals surface area contributed by atoms with Crippen molar-refractivity contribution in [3.05, 3.63) is 59.9 Å². The fourth-order valence-corrected chi connectivity index (χ4v) is 3.35. The molecule has 26 heavy (non-hydrogen) atoms. The number of benzene rings is 2. The summed E-state index contributed by atoms with van der Waals surface area (Å²) in [6, 6.07) is 11.3. The molecule has 2 aromatic rings. The number of esters is 1. The Hall–Kier alpha value is -2.74. The molecule has 0 fully saturated rings. The topological polar surface area (TPSA) is 86.7 Å². The third-order valence-electron chi connectivity index (χ3n) is 3.52. The maximum Gasteiger partial charge on any atom is 0.307 e. The van der Waals surface area contributed by atoms with Crippen molar-refractivity contribution in [1.82, 2.24) is 0 Å². The number of Topliss-reactive ketones (excluding diaryl/α,β-unsaturated/α-hetero) is 1. The van der Waals surface area contributed by atoms with Crippen LogP contribution < -0.4 is 4.74 Å². The highest BCUT2D eigenvalue weighted by Crippen LogP contribution is 2.18. The number of rotatable bonds is 8. The van der Waals surface area contributed by atoms with E-state index < -0.39 is 39.8 Å². The van der Waals surface area contributed by atoms with E-state index in [2.05, 4.69) is 0 Å². The average Bonchev–Trinajstić information content (AvgIpc) is 2.65. The first-order valence-corrected chi connectivity index (χ1v) is 9.29. The average molecular weight is 380 g/mol. The maximum atomic E-state index is 13.6. The van der Waals surface area contributed by atoms with Crippen LogP contribution in [0, 0.1) is 5.82 Å². The van der Waals surface area contributed by atoms with E-state index in [0.29, 0.717) is 0 Å². The largest absolute Gasteiger partial charge is 0.494 e. The fraction of sp³-hybridized carbons (Fsp3) is 0.222. The van der Waals surface area contributed by atoms with Gasteiger partial charge in [0.2, 0.25) is 0 Å². The lowest BCUT2D eigenvalue weighted by molar-refractivity contribution is -0.142. The summed E-state index contributed by atoms with van der Waals surface area (Å²) in [6.45, 7) is -0.601. The molecule has 0 N–H and O–H groups in total. The van der Waals surface area contributed by atoms with Crippen LogP contribution in [0.4, 0.5) is 4.39 Å². The van der Waals surface area contributed by atoms with E-state index in [1.165, 1.54) is 31.4 Å². The van der Waals surface area contributed by atoms with Crippen LogP contribution in [0.2, 0.25) is 0 Å². The number of halogens is 1. The van der Waals surface area contributed by atoms with E-state index in [1.807, 2.05) is 0 Å². The number of carbonyl (C=O) groups is 2. The van der Waals surface area contributed by atoms with Gasteiger partial charge < -0.3 is 9.47 Å². The number of ketones is 1. The van der Waals surface area contributed by atoms with Crippen molar-refractivity contribution in [3.63, 3.8) is 0 Å². The first-order chi connectivity index (χ1) is 12.3. The van der Waals surface area contributed by atoms with Gasteiger partial charge in [-0.1, -0.05) is 18.2 Å². The molecule has 8 heteroatoms. The minimum absolute atomic E-state index is 0.00957. The van der Waals surface area contributed by atoms with Gasteiger partial charge in [0.15, 0.2) is 33.8 Å². The molecule has 6 nitrogen and oxygen atoms in total. The van der Waals surface area contributed by atoms with E-state index in [1.54, 1.807) is 18.2 Å². The maximum absolute atomic E-state index is 13.6. The van der Waals surface area contributed by atoms with Crippen LogP contribution in [0.15, 0.2) is 53.4 Å². The molecule has 0 saturated heterocycles. The van der Waals surface area contributed by atoms with Gasteiger partial charge in [0, 0.05) is 5.56 Å². The molecule has 2 aromatic carbocycles. The van der Waals surface area contributed by atoms with E-state index in [0.717, 1.165) is 6.07 Å². The first-order valence-electron chi connectivity index (χ1n) is 7.63. The van der Waals surface area contributed by atoms with E-state index in [-0.39, 0.29) is 22.6 Å². The third kappa shape index (κ3) is 5.13. The highest BCUT2D eigenvalue weighted by Gasteiger charge is 2.18. The van der Waals surface area contributed by atoms with Gasteiger partial charge in [-0.2, -0.15) is 0 Å². The molecule has 0 atom stereocenters. The van der Waals surface area contributed by atoms with Gasteiger partial charge in [-0.15, -0.1) is 0 Å². The quantitative estimate of drug-likeness (QED) is 0.516. The molecule has 0 heterocycles. The molecule has 0 aliphatic carbocycles. The van der Waals surface area contributed by atoms with Crippen molar-refractivity contribution < 1.29 is 31.9 Å². The predicted octanol–water partition coefficient (Wildman–Crippen LogP) is 2.42. The van der Waals surface area contributed by atoms with Crippen molar-refractivity contribution in [2.75, 3.05) is 19.5 Å². The van der Waals surface area contributed by atoms with Crippen LogP contribution in [-0.4, -0.2) is 39.6 Å². The summed E-state index contributed by atoms with van der Waals surface area (Å²) in [5.41, 5.74) is 0.0213. The smallest absolute Gasteiger partial charge is 0.307 e. The minimum atomic E-state index is -3.61. The summed E-state index contributed by atoms with van der Waals surface area (Å²) in [6.07, 6.45) is -0.387. The first kappa shape index (κ1) is 19.6. The number of ether oxygens (including phenoxy) is 2. The van der Waals surface area contributed by atoms with Gasteiger partial charge in [-0.3, -0.25) is 9.59 Å². The van der Waals surface area contributed by atoms with E-state index in [4.69, 9.17) is 9.47 Å². The van der Waals surface area contributed by atoms with Gasteiger partial charge in [-0.25, -0.2) is 12.8 Å². The lowest BCUT2D eigenvalue weighted by atomic mass is 10.1. The molecular weight excluding hydrogens is 363 g/mol.